The maximum Gasteiger partial charge on any atom is 0.245 e. The van der Waals surface area contributed by atoms with E-state index >= 15 is 0 Å². The molecule has 0 bridgehead atoms. The zero-order valence-corrected chi connectivity index (χ0v) is 15.6. The van der Waals surface area contributed by atoms with E-state index in [0.29, 0.717) is 25.4 Å². The molecule has 2 aromatic rings. The molecule has 1 aliphatic rings. The molecule has 0 aromatic heterocycles. The summed E-state index contributed by atoms with van der Waals surface area (Å²) < 4.78 is 33.0. The van der Waals surface area contributed by atoms with E-state index in [1.54, 1.807) is 18.2 Å². The number of amides is 1. The van der Waals surface area contributed by atoms with Crippen molar-refractivity contribution in [2.45, 2.75) is 31.5 Å². The van der Waals surface area contributed by atoms with Crippen molar-refractivity contribution in [3.8, 4) is 0 Å². The first-order valence-corrected chi connectivity index (χ1v) is 9.84. The smallest absolute Gasteiger partial charge is 0.245 e. The van der Waals surface area contributed by atoms with Gasteiger partial charge in [0, 0.05) is 20.0 Å². The van der Waals surface area contributed by atoms with Crippen LogP contribution in [-0.4, -0.2) is 37.8 Å². The topological polar surface area (TPSA) is 75.7 Å². The number of benzene rings is 2. The third-order valence-corrected chi connectivity index (χ3v) is 6.08. The van der Waals surface area contributed by atoms with E-state index in [1.165, 1.54) is 11.2 Å². The molecule has 0 spiro atoms. The molecule has 1 aliphatic heterocycles. The van der Waals surface area contributed by atoms with Crippen LogP contribution in [0.1, 0.15) is 18.1 Å². The summed E-state index contributed by atoms with van der Waals surface area (Å²) in [5, 5.41) is 2.59. The summed E-state index contributed by atoms with van der Waals surface area (Å²) >= 11 is 0. The lowest BCUT2D eigenvalue weighted by Crippen LogP contribution is -2.54. The number of hydrogen-bond donors (Lipinski definition) is 1. The summed E-state index contributed by atoms with van der Waals surface area (Å²) in [6.07, 6.45) is -0.126. The van der Waals surface area contributed by atoms with Gasteiger partial charge < -0.3 is 10.1 Å². The number of hydrogen-bond acceptors (Lipinski definition) is 4. The van der Waals surface area contributed by atoms with Crippen LogP contribution in [0, 0.1) is 6.92 Å². The van der Waals surface area contributed by atoms with Crippen molar-refractivity contribution in [2.24, 2.45) is 0 Å². The molecule has 0 aliphatic carbocycles. The lowest BCUT2D eigenvalue weighted by molar-refractivity contribution is -0.114. The first-order chi connectivity index (χ1) is 12.4. The highest BCUT2D eigenvalue weighted by atomic mass is 32.2. The largest absolute Gasteiger partial charge is 0.371 e. The maximum absolute atomic E-state index is 12.9. The Morgan fingerprint density at radius 3 is 2.54 bits per heavy atom. The molecule has 1 heterocycles. The minimum Gasteiger partial charge on any atom is -0.371 e. The standard InChI is InChI=1S/C19H22N2O4S/c1-14-8-9-18(20-15(2)22)19(10-14)26(23,24)21-11-17(12-21)25-13-16-6-4-3-5-7-16/h3-10,17H,11-13H2,1-2H3,(H,20,22). The highest BCUT2D eigenvalue weighted by molar-refractivity contribution is 7.89. The van der Waals surface area contributed by atoms with Gasteiger partial charge in [0.1, 0.15) is 4.90 Å². The van der Waals surface area contributed by atoms with Gasteiger partial charge in [0.15, 0.2) is 0 Å². The molecule has 3 rings (SSSR count). The Hall–Kier alpha value is -2.22. The van der Waals surface area contributed by atoms with E-state index < -0.39 is 10.0 Å². The SMILES string of the molecule is CC(=O)Nc1ccc(C)cc1S(=O)(=O)N1CC(OCc2ccccc2)C1. The molecule has 0 saturated carbocycles. The molecule has 7 heteroatoms. The molecule has 6 nitrogen and oxygen atoms in total. The summed E-state index contributed by atoms with van der Waals surface area (Å²) in [6.45, 7) is 4.25. The second kappa shape index (κ2) is 7.57. The zero-order valence-electron chi connectivity index (χ0n) is 14.8. The Labute approximate surface area is 153 Å². The van der Waals surface area contributed by atoms with E-state index in [9.17, 15) is 13.2 Å². The highest BCUT2D eigenvalue weighted by Crippen LogP contribution is 2.29. The van der Waals surface area contributed by atoms with Gasteiger partial charge in [-0.2, -0.15) is 4.31 Å². The fourth-order valence-electron chi connectivity index (χ4n) is 2.77. The average Bonchev–Trinajstić information content (AvgIpc) is 2.55. The molecule has 26 heavy (non-hydrogen) atoms. The molecule has 138 valence electrons. The fourth-order valence-corrected chi connectivity index (χ4v) is 4.50. The highest BCUT2D eigenvalue weighted by Gasteiger charge is 2.38. The lowest BCUT2D eigenvalue weighted by Gasteiger charge is -2.38. The summed E-state index contributed by atoms with van der Waals surface area (Å²) in [4.78, 5) is 11.5. The number of sulfonamides is 1. The van der Waals surface area contributed by atoms with Gasteiger partial charge in [-0.3, -0.25) is 4.79 Å². The Morgan fingerprint density at radius 2 is 1.88 bits per heavy atom. The summed E-state index contributed by atoms with van der Waals surface area (Å²) in [6, 6.07) is 14.7. The first kappa shape index (κ1) is 18.6. The van der Waals surface area contributed by atoms with Crippen LogP contribution < -0.4 is 5.32 Å². The van der Waals surface area contributed by atoms with E-state index in [-0.39, 0.29) is 16.9 Å². The van der Waals surface area contributed by atoms with Crippen LogP contribution in [0.3, 0.4) is 0 Å². The maximum atomic E-state index is 12.9. The van der Waals surface area contributed by atoms with E-state index in [1.807, 2.05) is 37.3 Å². The van der Waals surface area contributed by atoms with Crippen LogP contribution in [0.4, 0.5) is 5.69 Å². The number of carbonyl (C=O) groups excluding carboxylic acids is 1. The van der Waals surface area contributed by atoms with Crippen LogP contribution in [0.25, 0.3) is 0 Å². The van der Waals surface area contributed by atoms with E-state index in [0.717, 1.165) is 11.1 Å². The quantitative estimate of drug-likeness (QED) is 0.843. The number of rotatable bonds is 6. The number of anilines is 1. The second-order valence-electron chi connectivity index (χ2n) is 6.42. The predicted octanol–water partition coefficient (Wildman–Crippen LogP) is 2.54. The Kier molecular flexibility index (Phi) is 5.41. The number of aryl methyl sites for hydroxylation is 1. The summed E-state index contributed by atoms with van der Waals surface area (Å²) in [5.74, 6) is -0.307. The van der Waals surface area contributed by atoms with Crippen LogP contribution in [0.2, 0.25) is 0 Å². The number of ether oxygens (including phenoxy) is 1. The van der Waals surface area contributed by atoms with Gasteiger partial charge in [-0.15, -0.1) is 0 Å². The Morgan fingerprint density at radius 1 is 1.19 bits per heavy atom. The minimum atomic E-state index is -3.68. The van der Waals surface area contributed by atoms with Gasteiger partial charge in [0.25, 0.3) is 0 Å². The molecule has 0 atom stereocenters. The molecule has 0 unspecified atom stereocenters. The monoisotopic (exact) mass is 374 g/mol. The third kappa shape index (κ3) is 4.12. The molecule has 1 N–H and O–H groups in total. The van der Waals surface area contributed by atoms with Crippen LogP contribution in [0.15, 0.2) is 53.4 Å². The van der Waals surface area contributed by atoms with Crippen LogP contribution in [0.5, 0.6) is 0 Å². The summed E-state index contributed by atoms with van der Waals surface area (Å²) in [7, 11) is -3.68. The number of nitrogens with zero attached hydrogens (tertiary/aromatic N) is 1. The van der Waals surface area contributed by atoms with Gasteiger partial charge in [0.05, 0.1) is 18.4 Å². The zero-order chi connectivity index (χ0) is 18.7. The lowest BCUT2D eigenvalue weighted by atomic mass is 10.2. The van der Waals surface area contributed by atoms with Gasteiger partial charge >= 0.3 is 0 Å². The van der Waals surface area contributed by atoms with Crippen LogP contribution >= 0.6 is 0 Å². The first-order valence-electron chi connectivity index (χ1n) is 8.40. The molecule has 1 saturated heterocycles. The molecule has 1 fully saturated rings. The molecule has 0 radical (unpaired) electrons. The average molecular weight is 374 g/mol. The third-order valence-electron chi connectivity index (χ3n) is 4.21. The van der Waals surface area contributed by atoms with E-state index in [4.69, 9.17) is 4.74 Å². The van der Waals surface area contributed by atoms with Gasteiger partial charge in [-0.1, -0.05) is 36.4 Å². The predicted molar refractivity (Wildman–Crippen MR) is 99.3 cm³/mol. The summed E-state index contributed by atoms with van der Waals surface area (Å²) in [5.41, 5.74) is 2.17. The van der Waals surface area contributed by atoms with Crippen molar-refractivity contribution in [3.63, 3.8) is 0 Å². The van der Waals surface area contributed by atoms with Gasteiger partial charge in [-0.05, 0) is 30.2 Å². The number of carbonyl (C=O) groups is 1. The Balaban J connectivity index is 1.67. The van der Waals surface area contributed by atoms with Crippen molar-refractivity contribution in [2.75, 3.05) is 18.4 Å². The number of nitrogens with one attached hydrogen (secondary N) is 1. The molecular formula is C19H22N2O4S. The van der Waals surface area contributed by atoms with Crippen molar-refractivity contribution in [1.29, 1.82) is 0 Å². The van der Waals surface area contributed by atoms with Crippen molar-refractivity contribution >= 4 is 21.6 Å². The molecule has 2 aromatic carbocycles. The minimum absolute atomic E-state index is 0.120. The molecule has 1 amide bonds. The van der Waals surface area contributed by atoms with E-state index in [2.05, 4.69) is 5.32 Å². The van der Waals surface area contributed by atoms with Crippen molar-refractivity contribution in [1.82, 2.24) is 4.31 Å². The second-order valence-corrected chi connectivity index (χ2v) is 8.33. The van der Waals surface area contributed by atoms with Gasteiger partial charge in [-0.25, -0.2) is 8.42 Å². The fraction of sp³-hybridized carbons (Fsp3) is 0.316. The normalized spacial score (nSPS) is 15.5. The van der Waals surface area contributed by atoms with Crippen molar-refractivity contribution < 1.29 is 17.9 Å². The van der Waals surface area contributed by atoms with Crippen molar-refractivity contribution in [3.05, 3.63) is 59.7 Å². The van der Waals surface area contributed by atoms with Crippen LogP contribution in [-0.2, 0) is 26.2 Å². The Bertz CT molecular complexity index is 891. The van der Waals surface area contributed by atoms with Gasteiger partial charge in [0.2, 0.25) is 15.9 Å². The molecular weight excluding hydrogens is 352 g/mol.